The predicted octanol–water partition coefficient (Wildman–Crippen LogP) is 4.02. The van der Waals surface area contributed by atoms with Crippen molar-refractivity contribution in [2.24, 2.45) is 0 Å². The van der Waals surface area contributed by atoms with E-state index >= 15 is 0 Å². The van der Waals surface area contributed by atoms with Crippen LogP contribution in [0.4, 0.5) is 5.69 Å². The molecule has 2 rings (SSSR count). The topological polar surface area (TPSA) is 66.5 Å². The standard InChI is InChI=1S/C20H25ClN2O3S2/c1-14-5-6-15(2)19(13-14)23(28(4,25)26)16(3)20(24)22-11-12-27-18-9-7-17(21)8-10-18/h5-10,13,16H,11-12H2,1-4H3,(H,22,24)/t16-/m1/s1. The lowest BCUT2D eigenvalue weighted by Gasteiger charge is -2.29. The van der Waals surface area contributed by atoms with Gasteiger partial charge in [-0.15, -0.1) is 11.8 Å². The van der Waals surface area contributed by atoms with Gasteiger partial charge in [0.2, 0.25) is 15.9 Å². The van der Waals surface area contributed by atoms with E-state index in [0.29, 0.717) is 23.0 Å². The van der Waals surface area contributed by atoms with Crippen molar-refractivity contribution in [3.05, 3.63) is 58.6 Å². The number of carbonyl (C=O) groups is 1. The average Bonchev–Trinajstić information content (AvgIpc) is 2.62. The Bertz CT molecular complexity index is 931. The Morgan fingerprint density at radius 2 is 1.82 bits per heavy atom. The number of rotatable bonds is 8. The highest BCUT2D eigenvalue weighted by Gasteiger charge is 2.30. The quantitative estimate of drug-likeness (QED) is 0.497. The number of hydrogen-bond acceptors (Lipinski definition) is 4. The summed E-state index contributed by atoms with van der Waals surface area (Å²) < 4.78 is 26.0. The molecule has 1 amide bonds. The molecule has 152 valence electrons. The maximum Gasteiger partial charge on any atom is 0.243 e. The molecule has 0 aliphatic rings. The molecule has 0 heterocycles. The molecule has 5 nitrogen and oxygen atoms in total. The van der Waals surface area contributed by atoms with Crippen molar-refractivity contribution in [3.8, 4) is 0 Å². The van der Waals surface area contributed by atoms with E-state index in [2.05, 4.69) is 5.32 Å². The third kappa shape index (κ3) is 6.15. The van der Waals surface area contributed by atoms with Gasteiger partial charge in [0.25, 0.3) is 0 Å². The maximum atomic E-state index is 12.6. The van der Waals surface area contributed by atoms with E-state index in [1.54, 1.807) is 24.8 Å². The number of nitrogens with zero attached hydrogens (tertiary/aromatic N) is 1. The van der Waals surface area contributed by atoms with Crippen LogP contribution in [0.5, 0.6) is 0 Å². The van der Waals surface area contributed by atoms with Crippen LogP contribution in [-0.4, -0.2) is 38.9 Å². The summed E-state index contributed by atoms with van der Waals surface area (Å²) in [7, 11) is -3.62. The maximum absolute atomic E-state index is 12.6. The number of carbonyl (C=O) groups excluding carboxylic acids is 1. The van der Waals surface area contributed by atoms with Gasteiger partial charge < -0.3 is 5.32 Å². The van der Waals surface area contributed by atoms with Gasteiger partial charge in [0.15, 0.2) is 0 Å². The summed E-state index contributed by atoms with van der Waals surface area (Å²) in [5, 5.41) is 3.51. The van der Waals surface area contributed by atoms with Crippen LogP contribution >= 0.6 is 23.4 Å². The number of sulfonamides is 1. The van der Waals surface area contributed by atoms with Crippen molar-refractivity contribution in [1.29, 1.82) is 0 Å². The fourth-order valence-corrected chi connectivity index (χ4v) is 4.88. The zero-order chi connectivity index (χ0) is 20.9. The van der Waals surface area contributed by atoms with Gasteiger partial charge >= 0.3 is 0 Å². The largest absolute Gasteiger partial charge is 0.353 e. The van der Waals surface area contributed by atoms with Crippen molar-refractivity contribution < 1.29 is 13.2 Å². The van der Waals surface area contributed by atoms with Crippen molar-refractivity contribution in [2.75, 3.05) is 22.9 Å². The first kappa shape index (κ1) is 22.6. The Balaban J connectivity index is 2.03. The molecule has 0 bridgehead atoms. The minimum absolute atomic E-state index is 0.331. The molecule has 0 saturated heterocycles. The highest BCUT2D eigenvalue weighted by atomic mass is 35.5. The summed E-state index contributed by atoms with van der Waals surface area (Å²) in [4.78, 5) is 13.7. The molecule has 2 aromatic carbocycles. The molecule has 2 aromatic rings. The lowest BCUT2D eigenvalue weighted by Crippen LogP contribution is -2.48. The highest BCUT2D eigenvalue weighted by Crippen LogP contribution is 2.26. The fourth-order valence-electron chi connectivity index (χ4n) is 2.76. The van der Waals surface area contributed by atoms with E-state index in [1.165, 1.54) is 4.31 Å². The van der Waals surface area contributed by atoms with Gasteiger partial charge in [-0.3, -0.25) is 9.10 Å². The first-order valence-electron chi connectivity index (χ1n) is 8.82. The first-order chi connectivity index (χ1) is 13.1. The summed E-state index contributed by atoms with van der Waals surface area (Å²) in [6, 6.07) is 12.2. The van der Waals surface area contributed by atoms with Crippen molar-refractivity contribution in [1.82, 2.24) is 5.32 Å². The Morgan fingerprint density at radius 1 is 1.18 bits per heavy atom. The van der Waals surface area contributed by atoms with E-state index in [4.69, 9.17) is 11.6 Å². The van der Waals surface area contributed by atoms with Gasteiger partial charge in [0, 0.05) is 22.2 Å². The number of hydrogen-bond donors (Lipinski definition) is 1. The van der Waals surface area contributed by atoms with Gasteiger partial charge in [-0.1, -0.05) is 23.7 Å². The highest BCUT2D eigenvalue weighted by molar-refractivity contribution is 7.99. The molecule has 0 fully saturated rings. The number of nitrogens with one attached hydrogen (secondary N) is 1. The van der Waals surface area contributed by atoms with Gasteiger partial charge in [-0.2, -0.15) is 0 Å². The zero-order valence-electron chi connectivity index (χ0n) is 16.4. The molecule has 0 aliphatic carbocycles. The number of amides is 1. The second kappa shape index (κ2) is 9.67. The summed E-state index contributed by atoms with van der Waals surface area (Å²) in [5.41, 5.74) is 2.26. The molecule has 0 saturated carbocycles. The van der Waals surface area contributed by atoms with Crippen molar-refractivity contribution in [2.45, 2.75) is 31.7 Å². The smallest absolute Gasteiger partial charge is 0.243 e. The lowest BCUT2D eigenvalue weighted by molar-refractivity contribution is -0.121. The minimum atomic E-state index is -3.62. The van der Waals surface area contributed by atoms with Crippen molar-refractivity contribution >= 4 is 45.0 Å². The second-order valence-electron chi connectivity index (χ2n) is 6.62. The summed E-state index contributed by atoms with van der Waals surface area (Å²) in [5.74, 6) is 0.339. The average molecular weight is 441 g/mol. The van der Waals surface area contributed by atoms with Crippen LogP contribution in [0.3, 0.4) is 0 Å². The van der Waals surface area contributed by atoms with Gasteiger partial charge in [0.05, 0.1) is 11.9 Å². The van der Waals surface area contributed by atoms with E-state index in [1.807, 2.05) is 50.2 Å². The third-order valence-corrected chi connectivity index (χ3v) is 6.67. The molecule has 0 unspecified atom stereocenters. The molecular weight excluding hydrogens is 416 g/mol. The van der Waals surface area contributed by atoms with Crippen LogP contribution in [0.25, 0.3) is 0 Å². The molecule has 0 spiro atoms. The number of halogens is 1. The number of thioether (sulfide) groups is 1. The summed E-state index contributed by atoms with van der Waals surface area (Å²) >= 11 is 7.46. The van der Waals surface area contributed by atoms with E-state index in [0.717, 1.165) is 22.3 Å². The molecule has 0 radical (unpaired) electrons. The second-order valence-corrected chi connectivity index (χ2v) is 10.1. The summed E-state index contributed by atoms with van der Waals surface area (Å²) in [6.45, 7) is 5.76. The van der Waals surface area contributed by atoms with E-state index in [9.17, 15) is 13.2 Å². The van der Waals surface area contributed by atoms with Crippen LogP contribution in [0.2, 0.25) is 5.02 Å². The number of aryl methyl sites for hydroxylation is 2. The fraction of sp³-hybridized carbons (Fsp3) is 0.350. The predicted molar refractivity (Wildman–Crippen MR) is 118 cm³/mol. The van der Waals surface area contributed by atoms with E-state index < -0.39 is 16.1 Å². The van der Waals surface area contributed by atoms with Crippen molar-refractivity contribution in [3.63, 3.8) is 0 Å². The van der Waals surface area contributed by atoms with Gasteiger partial charge in [0.1, 0.15) is 6.04 Å². The number of benzene rings is 2. The Kier molecular flexibility index (Phi) is 7.80. The first-order valence-corrected chi connectivity index (χ1v) is 12.0. The number of anilines is 1. The molecule has 28 heavy (non-hydrogen) atoms. The summed E-state index contributed by atoms with van der Waals surface area (Å²) in [6.07, 6.45) is 1.12. The molecule has 1 N–H and O–H groups in total. The Morgan fingerprint density at radius 3 is 2.43 bits per heavy atom. The normalized spacial score (nSPS) is 12.5. The Hall–Kier alpha value is -1.70. The van der Waals surface area contributed by atoms with Gasteiger partial charge in [-0.05, 0) is 62.2 Å². The molecule has 0 aromatic heterocycles. The molecule has 1 atom stereocenters. The molecular formula is C20H25ClN2O3S2. The zero-order valence-corrected chi connectivity index (χ0v) is 18.8. The monoisotopic (exact) mass is 440 g/mol. The van der Waals surface area contributed by atoms with E-state index in [-0.39, 0.29) is 5.91 Å². The van der Waals surface area contributed by atoms with Crippen LogP contribution in [0.15, 0.2) is 47.4 Å². The third-order valence-electron chi connectivity index (χ3n) is 4.17. The van der Waals surface area contributed by atoms with Gasteiger partial charge in [-0.25, -0.2) is 8.42 Å². The molecule has 0 aliphatic heterocycles. The van der Waals surface area contributed by atoms with Crippen LogP contribution in [-0.2, 0) is 14.8 Å². The Labute approximate surface area is 176 Å². The van der Waals surface area contributed by atoms with Crippen LogP contribution in [0.1, 0.15) is 18.1 Å². The molecule has 8 heteroatoms. The lowest BCUT2D eigenvalue weighted by atomic mass is 10.1. The van der Waals surface area contributed by atoms with Crippen LogP contribution in [0, 0.1) is 13.8 Å². The SMILES string of the molecule is Cc1ccc(C)c(N([C@H](C)C(=O)NCCSc2ccc(Cl)cc2)S(C)(=O)=O)c1. The minimum Gasteiger partial charge on any atom is -0.353 e. The van der Waals surface area contributed by atoms with Crippen LogP contribution < -0.4 is 9.62 Å².